The van der Waals surface area contributed by atoms with E-state index in [1.807, 2.05) is 0 Å². The number of nitrogens with one attached hydrogen (secondary N) is 2. The Balaban J connectivity index is 2.30. The van der Waals surface area contributed by atoms with E-state index in [0.717, 1.165) is 0 Å². The normalized spacial score (nSPS) is 11.0. The molecule has 2 amide bonds. The number of urea groups is 1. The summed E-state index contributed by atoms with van der Waals surface area (Å²) in [6.45, 7) is 0. The monoisotopic (exact) mass is 403 g/mol. The van der Waals surface area contributed by atoms with E-state index in [1.165, 1.54) is 24.3 Å². The molecular formula is C13H11BrClN3O3S. The maximum Gasteiger partial charge on any atom is 0.316 e. The zero-order chi connectivity index (χ0) is 16.3. The Morgan fingerprint density at radius 2 is 1.82 bits per heavy atom. The van der Waals surface area contributed by atoms with Crippen LogP contribution in [0.3, 0.4) is 0 Å². The maximum atomic E-state index is 12.3. The summed E-state index contributed by atoms with van der Waals surface area (Å²) in [7, 11) is -3.85. The highest BCUT2D eigenvalue weighted by molar-refractivity contribution is 9.10. The van der Waals surface area contributed by atoms with Crippen LogP contribution < -0.4 is 15.8 Å². The summed E-state index contributed by atoms with van der Waals surface area (Å²) in [5.74, 6) is 0. The second-order valence-electron chi connectivity index (χ2n) is 4.25. The van der Waals surface area contributed by atoms with Gasteiger partial charge in [0.25, 0.3) is 10.0 Å². The first-order chi connectivity index (χ1) is 10.3. The van der Waals surface area contributed by atoms with E-state index in [4.69, 9.17) is 17.3 Å². The first kappa shape index (κ1) is 16.6. The van der Waals surface area contributed by atoms with Gasteiger partial charge < -0.3 is 11.1 Å². The van der Waals surface area contributed by atoms with E-state index in [1.54, 1.807) is 18.2 Å². The van der Waals surface area contributed by atoms with E-state index in [0.29, 0.717) is 10.2 Å². The lowest BCUT2D eigenvalue weighted by Crippen LogP contribution is -2.19. The van der Waals surface area contributed by atoms with Crippen molar-refractivity contribution in [1.29, 1.82) is 0 Å². The molecule has 4 N–H and O–H groups in total. The number of carbonyl (C=O) groups is 1. The Hall–Kier alpha value is -1.77. The molecule has 0 aromatic heterocycles. The Morgan fingerprint density at radius 1 is 1.14 bits per heavy atom. The third kappa shape index (κ3) is 4.12. The number of amides is 2. The SMILES string of the molecule is NC(=O)Nc1cccc(NS(=O)(=O)c2ccc(Br)cc2Cl)c1. The molecule has 2 aromatic carbocycles. The average Bonchev–Trinajstić information content (AvgIpc) is 2.36. The minimum atomic E-state index is -3.85. The third-order valence-corrected chi connectivity index (χ3v) is 4.92. The van der Waals surface area contributed by atoms with Crippen molar-refractivity contribution in [3.05, 3.63) is 52.0 Å². The van der Waals surface area contributed by atoms with E-state index in [-0.39, 0.29) is 15.6 Å². The van der Waals surface area contributed by atoms with Gasteiger partial charge in [-0.2, -0.15) is 0 Å². The van der Waals surface area contributed by atoms with Gasteiger partial charge in [-0.05, 0) is 36.4 Å². The second-order valence-corrected chi connectivity index (χ2v) is 7.22. The highest BCUT2D eigenvalue weighted by Gasteiger charge is 2.18. The van der Waals surface area contributed by atoms with E-state index >= 15 is 0 Å². The van der Waals surface area contributed by atoms with E-state index in [2.05, 4.69) is 26.0 Å². The van der Waals surface area contributed by atoms with E-state index in [9.17, 15) is 13.2 Å². The molecule has 0 saturated carbocycles. The van der Waals surface area contributed by atoms with Crippen molar-refractivity contribution in [3.8, 4) is 0 Å². The molecule has 2 rings (SSSR count). The number of sulfonamides is 1. The number of halogens is 2. The van der Waals surface area contributed by atoms with Crippen molar-refractivity contribution in [3.63, 3.8) is 0 Å². The number of anilines is 2. The molecule has 6 nitrogen and oxygen atoms in total. The van der Waals surface area contributed by atoms with Crippen molar-refractivity contribution in [2.75, 3.05) is 10.0 Å². The van der Waals surface area contributed by atoms with Crippen molar-refractivity contribution >= 4 is 55.0 Å². The standard InChI is InChI=1S/C13H11BrClN3O3S/c14-8-4-5-12(11(15)6-8)22(20,21)18-10-3-1-2-9(7-10)17-13(16)19/h1-7,18H,(H3,16,17,19). The zero-order valence-electron chi connectivity index (χ0n) is 11.0. The molecule has 22 heavy (non-hydrogen) atoms. The molecule has 9 heteroatoms. The molecule has 0 unspecified atom stereocenters. The van der Waals surface area contributed by atoms with Gasteiger partial charge in [0.2, 0.25) is 0 Å². The molecule has 0 aliphatic rings. The summed E-state index contributed by atoms with van der Waals surface area (Å²) in [5, 5.41) is 2.45. The number of hydrogen-bond donors (Lipinski definition) is 3. The molecule has 0 bridgehead atoms. The van der Waals surface area contributed by atoms with Crippen LogP contribution in [0.5, 0.6) is 0 Å². The fourth-order valence-corrected chi connectivity index (χ4v) is 3.79. The van der Waals surface area contributed by atoms with Crippen molar-refractivity contribution < 1.29 is 13.2 Å². The number of benzene rings is 2. The predicted molar refractivity (Wildman–Crippen MR) is 89.6 cm³/mol. The minimum absolute atomic E-state index is 0.0503. The number of carbonyl (C=O) groups excluding carboxylic acids is 1. The predicted octanol–water partition coefficient (Wildman–Crippen LogP) is 3.39. The molecule has 0 saturated heterocycles. The molecule has 0 heterocycles. The second kappa shape index (κ2) is 6.55. The fraction of sp³-hybridized carbons (Fsp3) is 0. The van der Waals surface area contributed by atoms with Crippen LogP contribution in [0.15, 0.2) is 51.8 Å². The van der Waals surface area contributed by atoms with Crippen molar-refractivity contribution in [2.45, 2.75) is 4.90 Å². The van der Waals surface area contributed by atoms with Gasteiger partial charge in [-0.3, -0.25) is 4.72 Å². The highest BCUT2D eigenvalue weighted by atomic mass is 79.9. The van der Waals surface area contributed by atoms with Gasteiger partial charge in [-0.25, -0.2) is 13.2 Å². The third-order valence-electron chi connectivity index (χ3n) is 2.57. The molecule has 0 aliphatic heterocycles. The van der Waals surface area contributed by atoms with Crippen LogP contribution in [0.25, 0.3) is 0 Å². The summed E-state index contributed by atoms with van der Waals surface area (Å²) in [6, 6.07) is 9.84. The van der Waals surface area contributed by atoms with Crippen LogP contribution in [-0.2, 0) is 10.0 Å². The summed E-state index contributed by atoms with van der Waals surface area (Å²) in [5.41, 5.74) is 5.66. The molecule has 116 valence electrons. The van der Waals surface area contributed by atoms with E-state index < -0.39 is 16.1 Å². The van der Waals surface area contributed by atoms with Crippen molar-refractivity contribution in [2.24, 2.45) is 5.73 Å². The quantitative estimate of drug-likeness (QED) is 0.728. The molecule has 2 aromatic rings. The highest BCUT2D eigenvalue weighted by Crippen LogP contribution is 2.27. The topological polar surface area (TPSA) is 101 Å². The lowest BCUT2D eigenvalue weighted by atomic mass is 10.3. The lowest BCUT2D eigenvalue weighted by molar-refractivity contribution is 0.259. The van der Waals surface area contributed by atoms with Crippen LogP contribution in [-0.4, -0.2) is 14.4 Å². The summed E-state index contributed by atoms with van der Waals surface area (Å²) >= 11 is 9.17. The largest absolute Gasteiger partial charge is 0.351 e. The van der Waals surface area contributed by atoms with Crippen LogP contribution >= 0.6 is 27.5 Å². The van der Waals surface area contributed by atoms with Crippen LogP contribution in [0.4, 0.5) is 16.2 Å². The summed E-state index contributed by atoms with van der Waals surface area (Å²) in [4.78, 5) is 10.8. The molecule has 0 aliphatic carbocycles. The van der Waals surface area contributed by atoms with Gasteiger partial charge in [0.05, 0.1) is 10.7 Å². The van der Waals surface area contributed by atoms with Gasteiger partial charge in [0.15, 0.2) is 0 Å². The minimum Gasteiger partial charge on any atom is -0.351 e. The zero-order valence-corrected chi connectivity index (χ0v) is 14.2. The number of hydrogen-bond acceptors (Lipinski definition) is 3. The van der Waals surface area contributed by atoms with Gasteiger partial charge in [0, 0.05) is 10.2 Å². The lowest BCUT2D eigenvalue weighted by Gasteiger charge is -2.11. The maximum absolute atomic E-state index is 12.3. The average molecular weight is 405 g/mol. The summed E-state index contributed by atoms with van der Waals surface area (Å²) in [6.07, 6.45) is 0. The molecular weight excluding hydrogens is 394 g/mol. The molecule has 0 radical (unpaired) electrons. The fourth-order valence-electron chi connectivity index (χ4n) is 1.71. The van der Waals surface area contributed by atoms with Gasteiger partial charge in [0.1, 0.15) is 4.90 Å². The number of primary amides is 1. The Kier molecular flexibility index (Phi) is 4.94. The van der Waals surface area contributed by atoms with Gasteiger partial charge >= 0.3 is 6.03 Å². The molecule has 0 atom stereocenters. The first-order valence-corrected chi connectivity index (χ1v) is 8.58. The first-order valence-electron chi connectivity index (χ1n) is 5.92. The van der Waals surface area contributed by atoms with Gasteiger partial charge in [-0.1, -0.05) is 33.6 Å². The van der Waals surface area contributed by atoms with Crippen molar-refractivity contribution in [1.82, 2.24) is 0 Å². The van der Waals surface area contributed by atoms with Gasteiger partial charge in [-0.15, -0.1) is 0 Å². The van der Waals surface area contributed by atoms with Crippen LogP contribution in [0, 0.1) is 0 Å². The Bertz CT molecular complexity index is 827. The molecule has 0 spiro atoms. The van der Waals surface area contributed by atoms with Crippen LogP contribution in [0.1, 0.15) is 0 Å². The Morgan fingerprint density at radius 3 is 2.45 bits per heavy atom. The molecule has 0 fully saturated rings. The summed E-state index contributed by atoms with van der Waals surface area (Å²) < 4.78 is 27.7. The smallest absolute Gasteiger partial charge is 0.316 e. The number of rotatable bonds is 4. The van der Waals surface area contributed by atoms with Crippen LogP contribution in [0.2, 0.25) is 5.02 Å². The Labute approximate surface area is 140 Å². The number of nitrogens with two attached hydrogens (primary N) is 1.